The molecule has 0 unspecified atom stereocenters. The zero-order chi connectivity index (χ0) is 15.8. The summed E-state index contributed by atoms with van der Waals surface area (Å²) in [6.45, 7) is 3.54. The fraction of sp³-hybridized carbons (Fsp3) is 0.500. The monoisotopic (exact) mass is 327 g/mol. The molecule has 0 bridgehead atoms. The van der Waals surface area contributed by atoms with Crippen molar-refractivity contribution in [3.8, 4) is 0 Å². The highest BCUT2D eigenvalue weighted by Crippen LogP contribution is 2.33. The largest absolute Gasteiger partial charge is 0.338 e. The van der Waals surface area contributed by atoms with Crippen LogP contribution in [0.1, 0.15) is 57.5 Å². The molecule has 0 radical (unpaired) electrons. The summed E-state index contributed by atoms with van der Waals surface area (Å²) in [6.07, 6.45) is 7.46. The second-order valence-corrected chi connectivity index (χ2v) is 7.52. The number of amides is 1. The smallest absolute Gasteiger partial charge is 0.255 e. The predicted molar refractivity (Wildman–Crippen MR) is 91.0 cm³/mol. The van der Waals surface area contributed by atoms with E-state index in [4.69, 9.17) is 0 Å². The lowest BCUT2D eigenvalue weighted by atomic mass is 9.95. The van der Waals surface area contributed by atoms with Gasteiger partial charge in [0.25, 0.3) is 5.91 Å². The van der Waals surface area contributed by atoms with Crippen molar-refractivity contribution < 1.29 is 4.79 Å². The van der Waals surface area contributed by atoms with Gasteiger partial charge in [-0.25, -0.2) is 9.97 Å². The molecule has 3 heterocycles. The van der Waals surface area contributed by atoms with Crippen molar-refractivity contribution in [1.29, 1.82) is 0 Å². The number of carbonyl (C=O) groups is 1. The first-order valence-electron chi connectivity index (χ1n) is 8.40. The van der Waals surface area contributed by atoms with Crippen molar-refractivity contribution in [3.05, 3.63) is 45.2 Å². The summed E-state index contributed by atoms with van der Waals surface area (Å²) in [7, 11) is 0. The molecule has 1 saturated heterocycles. The quantitative estimate of drug-likeness (QED) is 0.850. The van der Waals surface area contributed by atoms with Crippen molar-refractivity contribution in [3.63, 3.8) is 0 Å². The van der Waals surface area contributed by atoms with Crippen LogP contribution >= 0.6 is 11.3 Å². The average Bonchev–Trinajstić information content (AvgIpc) is 3.22. The first kappa shape index (κ1) is 14.8. The fourth-order valence-corrected chi connectivity index (χ4v) is 4.78. The number of fused-ring (bicyclic) bond motifs is 1. The Morgan fingerprint density at radius 2 is 2.22 bits per heavy atom. The number of rotatable bonds is 2. The van der Waals surface area contributed by atoms with Gasteiger partial charge in [-0.15, -0.1) is 11.3 Å². The Morgan fingerprint density at radius 1 is 1.35 bits per heavy atom. The molecule has 120 valence electrons. The second-order valence-electron chi connectivity index (χ2n) is 6.55. The lowest BCUT2D eigenvalue weighted by molar-refractivity contribution is 0.0790. The standard InChI is InChI=1S/C18H21N3OS/c1-12-6-8-19-17(20-12)13-7-9-21(10-13)18(22)15-11-23-16-5-3-2-4-14(15)16/h6,8,11,13H,2-5,7,9-10H2,1H3/t13-/m1/s1. The first-order chi connectivity index (χ1) is 11.2. The average molecular weight is 327 g/mol. The molecule has 1 amide bonds. The summed E-state index contributed by atoms with van der Waals surface area (Å²) in [4.78, 5) is 25.3. The number of carbonyl (C=O) groups excluding carboxylic acids is 1. The number of hydrogen-bond donors (Lipinski definition) is 0. The molecule has 2 aromatic heterocycles. The Morgan fingerprint density at radius 3 is 3.09 bits per heavy atom. The number of aryl methyl sites for hydroxylation is 2. The summed E-state index contributed by atoms with van der Waals surface area (Å²) in [5.74, 6) is 1.36. The van der Waals surface area contributed by atoms with E-state index in [0.29, 0.717) is 0 Å². The Balaban J connectivity index is 1.51. The van der Waals surface area contributed by atoms with Crippen LogP contribution in [-0.2, 0) is 12.8 Å². The Kier molecular flexibility index (Phi) is 3.89. The van der Waals surface area contributed by atoms with Crippen LogP contribution in [0.15, 0.2) is 17.6 Å². The maximum Gasteiger partial charge on any atom is 0.255 e. The van der Waals surface area contributed by atoms with E-state index in [2.05, 4.69) is 15.3 Å². The van der Waals surface area contributed by atoms with Gasteiger partial charge in [0.05, 0.1) is 5.56 Å². The minimum Gasteiger partial charge on any atom is -0.338 e. The normalized spacial score (nSPS) is 20.6. The van der Waals surface area contributed by atoms with Gasteiger partial charge >= 0.3 is 0 Å². The van der Waals surface area contributed by atoms with E-state index in [0.717, 1.165) is 49.4 Å². The van der Waals surface area contributed by atoms with E-state index >= 15 is 0 Å². The van der Waals surface area contributed by atoms with E-state index in [-0.39, 0.29) is 11.8 Å². The van der Waals surface area contributed by atoms with Gasteiger partial charge in [0, 0.05) is 41.2 Å². The van der Waals surface area contributed by atoms with Crippen molar-refractivity contribution in [2.45, 2.75) is 44.9 Å². The van der Waals surface area contributed by atoms with Crippen LogP contribution in [0.2, 0.25) is 0 Å². The van der Waals surface area contributed by atoms with Gasteiger partial charge in [-0.1, -0.05) is 0 Å². The number of likely N-dealkylation sites (tertiary alicyclic amines) is 1. The van der Waals surface area contributed by atoms with Gasteiger partial charge in [0.1, 0.15) is 5.82 Å². The number of hydrogen-bond acceptors (Lipinski definition) is 4. The van der Waals surface area contributed by atoms with Gasteiger partial charge in [0.2, 0.25) is 0 Å². The number of aromatic nitrogens is 2. The van der Waals surface area contributed by atoms with Gasteiger partial charge in [-0.05, 0) is 50.7 Å². The highest BCUT2D eigenvalue weighted by atomic mass is 32.1. The Hall–Kier alpha value is -1.75. The minimum atomic E-state index is 0.208. The SMILES string of the molecule is Cc1ccnc([C@@H]2CCN(C(=O)c3csc4c3CCCC4)C2)n1. The molecular formula is C18H21N3OS. The van der Waals surface area contributed by atoms with E-state index in [9.17, 15) is 4.79 Å². The van der Waals surface area contributed by atoms with Crippen LogP contribution < -0.4 is 0 Å². The molecule has 23 heavy (non-hydrogen) atoms. The second kappa shape index (κ2) is 6.04. The highest BCUT2D eigenvalue weighted by Gasteiger charge is 2.31. The summed E-state index contributed by atoms with van der Waals surface area (Å²) < 4.78 is 0. The topological polar surface area (TPSA) is 46.1 Å². The fourth-order valence-electron chi connectivity index (χ4n) is 3.66. The van der Waals surface area contributed by atoms with E-state index in [1.807, 2.05) is 24.1 Å². The molecule has 5 heteroatoms. The van der Waals surface area contributed by atoms with Crippen molar-refractivity contribution in [2.75, 3.05) is 13.1 Å². The molecule has 0 N–H and O–H groups in total. The molecule has 1 atom stereocenters. The Labute approximate surface area is 140 Å². The van der Waals surface area contributed by atoms with Crippen molar-refractivity contribution in [1.82, 2.24) is 14.9 Å². The highest BCUT2D eigenvalue weighted by molar-refractivity contribution is 7.10. The predicted octanol–water partition coefficient (Wildman–Crippen LogP) is 3.36. The van der Waals surface area contributed by atoms with Crippen molar-refractivity contribution in [2.24, 2.45) is 0 Å². The van der Waals surface area contributed by atoms with Crippen LogP contribution in [0.5, 0.6) is 0 Å². The lowest BCUT2D eigenvalue weighted by Gasteiger charge is -2.18. The van der Waals surface area contributed by atoms with Crippen LogP contribution in [0, 0.1) is 6.92 Å². The van der Waals surface area contributed by atoms with Crippen LogP contribution in [0.3, 0.4) is 0 Å². The van der Waals surface area contributed by atoms with Crippen LogP contribution in [-0.4, -0.2) is 33.9 Å². The summed E-state index contributed by atoms with van der Waals surface area (Å²) in [5.41, 5.74) is 3.27. The summed E-state index contributed by atoms with van der Waals surface area (Å²) in [5, 5.41) is 2.08. The number of thiophene rings is 1. The van der Waals surface area contributed by atoms with E-state index in [1.165, 1.54) is 23.3 Å². The number of nitrogens with zero attached hydrogens (tertiary/aromatic N) is 3. The zero-order valence-corrected chi connectivity index (χ0v) is 14.2. The molecule has 0 spiro atoms. The molecule has 0 saturated carbocycles. The molecule has 4 nitrogen and oxygen atoms in total. The third-order valence-electron chi connectivity index (χ3n) is 4.95. The maximum absolute atomic E-state index is 12.9. The van der Waals surface area contributed by atoms with Gasteiger partial charge in [-0.2, -0.15) is 0 Å². The summed E-state index contributed by atoms with van der Waals surface area (Å²) in [6, 6.07) is 1.92. The molecule has 0 aromatic carbocycles. The molecule has 1 aliphatic heterocycles. The van der Waals surface area contributed by atoms with Crippen LogP contribution in [0.25, 0.3) is 0 Å². The van der Waals surface area contributed by atoms with Crippen molar-refractivity contribution >= 4 is 17.2 Å². The molecule has 4 rings (SSSR count). The van der Waals surface area contributed by atoms with Gasteiger partial charge in [-0.3, -0.25) is 4.79 Å². The van der Waals surface area contributed by atoms with Gasteiger partial charge in [0.15, 0.2) is 0 Å². The van der Waals surface area contributed by atoms with Gasteiger partial charge < -0.3 is 4.90 Å². The molecule has 1 fully saturated rings. The minimum absolute atomic E-state index is 0.208. The van der Waals surface area contributed by atoms with Crippen LogP contribution in [0.4, 0.5) is 0 Å². The van der Waals surface area contributed by atoms with E-state index in [1.54, 1.807) is 11.3 Å². The molecule has 1 aliphatic carbocycles. The van der Waals surface area contributed by atoms with E-state index < -0.39 is 0 Å². The maximum atomic E-state index is 12.9. The molecule has 2 aliphatic rings. The molecule has 2 aromatic rings. The lowest BCUT2D eigenvalue weighted by Crippen LogP contribution is -2.29. The summed E-state index contributed by atoms with van der Waals surface area (Å²) >= 11 is 1.77. The first-order valence-corrected chi connectivity index (χ1v) is 9.28. The molecular weight excluding hydrogens is 306 g/mol. The third-order valence-corrected chi connectivity index (χ3v) is 6.03. The Bertz CT molecular complexity index is 740. The third kappa shape index (κ3) is 2.78. The zero-order valence-electron chi connectivity index (χ0n) is 13.4.